The van der Waals surface area contributed by atoms with Crippen molar-refractivity contribution in [2.24, 2.45) is 0 Å². The van der Waals surface area contributed by atoms with Gasteiger partial charge in [0.15, 0.2) is 0 Å². The number of rotatable bonds is 4. The third kappa shape index (κ3) is 3.70. The number of thiophene rings is 1. The number of hydrogen-bond acceptors (Lipinski definition) is 4. The predicted molar refractivity (Wildman–Crippen MR) is 112 cm³/mol. The van der Waals surface area contributed by atoms with E-state index in [-0.39, 0.29) is 5.91 Å². The Morgan fingerprint density at radius 1 is 1.11 bits per heavy atom. The van der Waals surface area contributed by atoms with E-state index in [0.29, 0.717) is 6.54 Å². The highest BCUT2D eigenvalue weighted by atomic mass is 32.1. The highest BCUT2D eigenvalue weighted by molar-refractivity contribution is 7.21. The van der Waals surface area contributed by atoms with Crippen molar-refractivity contribution in [1.29, 1.82) is 0 Å². The summed E-state index contributed by atoms with van der Waals surface area (Å²) in [6, 6.07) is 16.7. The summed E-state index contributed by atoms with van der Waals surface area (Å²) >= 11 is 1.58. The van der Waals surface area contributed by atoms with Gasteiger partial charge in [-0.05, 0) is 41.6 Å². The Morgan fingerprint density at radius 3 is 2.52 bits per heavy atom. The predicted octanol–water partition coefficient (Wildman–Crippen LogP) is 4.32. The van der Waals surface area contributed by atoms with E-state index in [2.05, 4.69) is 41.3 Å². The Kier molecular flexibility index (Phi) is 5.14. The zero-order valence-electron chi connectivity index (χ0n) is 15.8. The van der Waals surface area contributed by atoms with Crippen LogP contribution in [0, 0.1) is 6.92 Å². The normalized spacial score (nSPS) is 14.5. The lowest BCUT2D eigenvalue weighted by atomic mass is 10.1. The van der Waals surface area contributed by atoms with Crippen molar-refractivity contribution in [3.63, 3.8) is 0 Å². The van der Waals surface area contributed by atoms with Gasteiger partial charge in [0, 0.05) is 37.1 Å². The lowest BCUT2D eigenvalue weighted by Crippen LogP contribution is -2.36. The summed E-state index contributed by atoms with van der Waals surface area (Å²) in [5, 5.41) is 1.18. The van der Waals surface area contributed by atoms with E-state index in [4.69, 9.17) is 4.74 Å². The van der Waals surface area contributed by atoms with Gasteiger partial charge in [0.1, 0.15) is 0 Å². The molecule has 0 aliphatic carbocycles. The zero-order valence-corrected chi connectivity index (χ0v) is 16.6. The number of carbonyl (C=O) groups excluding carboxylic acids is 1. The van der Waals surface area contributed by atoms with Crippen LogP contribution in [0.4, 0.5) is 5.69 Å². The largest absolute Gasteiger partial charge is 0.378 e. The van der Waals surface area contributed by atoms with Gasteiger partial charge in [-0.1, -0.05) is 30.3 Å². The van der Waals surface area contributed by atoms with Crippen LogP contribution in [-0.4, -0.2) is 44.2 Å². The molecule has 2 heterocycles. The molecular weight excluding hydrogens is 356 g/mol. The molecule has 3 aromatic rings. The summed E-state index contributed by atoms with van der Waals surface area (Å²) < 4.78 is 6.58. The maximum atomic E-state index is 13.0. The van der Waals surface area contributed by atoms with E-state index in [1.807, 2.05) is 26.1 Å². The number of aryl methyl sites for hydroxylation is 1. The van der Waals surface area contributed by atoms with E-state index < -0.39 is 0 Å². The molecule has 0 atom stereocenters. The van der Waals surface area contributed by atoms with Crippen molar-refractivity contribution < 1.29 is 9.53 Å². The Morgan fingerprint density at radius 2 is 1.81 bits per heavy atom. The van der Waals surface area contributed by atoms with Crippen LogP contribution in [0.5, 0.6) is 0 Å². The first-order chi connectivity index (χ1) is 13.1. The molecule has 0 bridgehead atoms. The van der Waals surface area contributed by atoms with Crippen LogP contribution in [0.1, 0.15) is 20.8 Å². The number of carbonyl (C=O) groups is 1. The van der Waals surface area contributed by atoms with Crippen molar-refractivity contribution in [1.82, 2.24) is 4.90 Å². The van der Waals surface area contributed by atoms with Crippen LogP contribution in [-0.2, 0) is 11.3 Å². The zero-order chi connectivity index (χ0) is 18.8. The quantitative estimate of drug-likeness (QED) is 0.676. The second-order valence-electron chi connectivity index (χ2n) is 6.98. The highest BCUT2D eigenvalue weighted by Crippen LogP contribution is 2.31. The molecule has 0 saturated carbocycles. The van der Waals surface area contributed by atoms with Crippen LogP contribution < -0.4 is 4.90 Å². The van der Waals surface area contributed by atoms with Crippen LogP contribution in [0.2, 0.25) is 0 Å². The molecule has 4 nitrogen and oxygen atoms in total. The molecule has 0 N–H and O–H groups in total. The minimum absolute atomic E-state index is 0.0888. The van der Waals surface area contributed by atoms with Gasteiger partial charge in [0.05, 0.1) is 18.1 Å². The second-order valence-corrected chi connectivity index (χ2v) is 8.03. The molecule has 4 rings (SSSR count). The fourth-order valence-corrected chi connectivity index (χ4v) is 4.73. The van der Waals surface area contributed by atoms with Gasteiger partial charge in [-0.2, -0.15) is 0 Å². The molecular formula is C22H24N2O2S. The number of benzene rings is 2. The fourth-order valence-electron chi connectivity index (χ4n) is 3.53. The van der Waals surface area contributed by atoms with Crippen molar-refractivity contribution in [2.75, 3.05) is 38.3 Å². The summed E-state index contributed by atoms with van der Waals surface area (Å²) in [5.74, 6) is 0.0888. The van der Waals surface area contributed by atoms with Crippen molar-refractivity contribution in [2.45, 2.75) is 13.5 Å². The summed E-state index contributed by atoms with van der Waals surface area (Å²) in [7, 11) is 1.88. The highest BCUT2D eigenvalue weighted by Gasteiger charge is 2.19. The van der Waals surface area contributed by atoms with E-state index in [9.17, 15) is 4.79 Å². The van der Waals surface area contributed by atoms with Gasteiger partial charge < -0.3 is 14.5 Å². The number of ether oxygens (including phenoxy) is 1. The maximum Gasteiger partial charge on any atom is 0.264 e. The smallest absolute Gasteiger partial charge is 0.264 e. The molecule has 1 saturated heterocycles. The molecule has 5 heteroatoms. The summed E-state index contributed by atoms with van der Waals surface area (Å²) in [4.78, 5) is 17.9. The molecule has 0 spiro atoms. The van der Waals surface area contributed by atoms with Crippen LogP contribution in [0.25, 0.3) is 10.1 Å². The Labute approximate surface area is 164 Å². The number of hydrogen-bond donors (Lipinski definition) is 0. The molecule has 0 radical (unpaired) electrons. The first kappa shape index (κ1) is 18.0. The number of nitrogens with zero attached hydrogens (tertiary/aromatic N) is 2. The van der Waals surface area contributed by atoms with E-state index in [1.54, 1.807) is 16.2 Å². The Bertz CT molecular complexity index is 943. The van der Waals surface area contributed by atoms with Crippen molar-refractivity contribution >= 4 is 33.0 Å². The molecule has 0 unspecified atom stereocenters. The molecule has 1 aliphatic rings. The summed E-state index contributed by atoms with van der Waals surface area (Å²) in [6.07, 6.45) is 0. The Balaban J connectivity index is 1.47. The van der Waals surface area contributed by atoms with Crippen molar-refractivity contribution in [3.05, 3.63) is 64.5 Å². The van der Waals surface area contributed by atoms with Gasteiger partial charge in [-0.25, -0.2) is 0 Å². The molecule has 2 aromatic carbocycles. The van der Waals surface area contributed by atoms with Gasteiger partial charge in [0.2, 0.25) is 0 Å². The first-order valence-corrected chi connectivity index (χ1v) is 10.1. The van der Waals surface area contributed by atoms with Crippen molar-refractivity contribution in [3.8, 4) is 0 Å². The third-order valence-corrected chi connectivity index (χ3v) is 6.38. The standard InChI is InChI=1S/C22H24N2O2S/c1-16-19-5-3-4-6-20(19)27-21(16)22(25)23(2)15-17-7-9-18(10-8-17)24-11-13-26-14-12-24/h3-10H,11-15H2,1-2H3. The average Bonchev–Trinajstić information content (AvgIpc) is 3.05. The lowest BCUT2D eigenvalue weighted by molar-refractivity contribution is 0.0789. The summed E-state index contributed by atoms with van der Waals surface area (Å²) in [6.45, 7) is 6.08. The maximum absolute atomic E-state index is 13.0. The average molecular weight is 381 g/mol. The number of amides is 1. The molecule has 27 heavy (non-hydrogen) atoms. The topological polar surface area (TPSA) is 32.8 Å². The number of anilines is 1. The minimum atomic E-state index is 0.0888. The van der Waals surface area contributed by atoms with Crippen LogP contribution in [0.15, 0.2) is 48.5 Å². The van der Waals surface area contributed by atoms with Crippen LogP contribution in [0.3, 0.4) is 0 Å². The summed E-state index contributed by atoms with van der Waals surface area (Å²) in [5.41, 5.74) is 3.44. The van der Waals surface area contributed by atoms with Gasteiger partial charge in [0.25, 0.3) is 5.91 Å². The second kappa shape index (κ2) is 7.71. The number of fused-ring (bicyclic) bond motifs is 1. The molecule has 140 valence electrons. The monoisotopic (exact) mass is 380 g/mol. The van der Waals surface area contributed by atoms with Gasteiger partial charge in [-0.3, -0.25) is 4.79 Å². The molecule has 1 fully saturated rings. The van der Waals surface area contributed by atoms with Gasteiger partial charge in [-0.15, -0.1) is 11.3 Å². The third-order valence-electron chi connectivity index (χ3n) is 5.12. The minimum Gasteiger partial charge on any atom is -0.378 e. The Hall–Kier alpha value is -2.37. The molecule has 1 aromatic heterocycles. The SMILES string of the molecule is Cc1c(C(=O)N(C)Cc2ccc(N3CCOCC3)cc2)sc2ccccc12. The van der Waals surface area contributed by atoms with E-state index in [0.717, 1.165) is 42.3 Å². The number of morpholine rings is 1. The van der Waals surface area contributed by atoms with E-state index in [1.165, 1.54) is 15.8 Å². The molecule has 1 aliphatic heterocycles. The van der Waals surface area contributed by atoms with Crippen LogP contribution >= 0.6 is 11.3 Å². The van der Waals surface area contributed by atoms with Gasteiger partial charge >= 0.3 is 0 Å². The fraction of sp³-hybridized carbons (Fsp3) is 0.318. The molecule has 1 amide bonds. The first-order valence-electron chi connectivity index (χ1n) is 9.29. The lowest BCUT2D eigenvalue weighted by Gasteiger charge is -2.29. The van der Waals surface area contributed by atoms with E-state index >= 15 is 0 Å².